The smallest absolute Gasteiger partial charge is 0.257 e. The van der Waals surface area contributed by atoms with Crippen LogP contribution in [0.3, 0.4) is 0 Å². The summed E-state index contributed by atoms with van der Waals surface area (Å²) in [6.45, 7) is 4.63. The van der Waals surface area contributed by atoms with Gasteiger partial charge in [-0.25, -0.2) is 9.50 Å². The van der Waals surface area contributed by atoms with E-state index in [0.29, 0.717) is 35.1 Å². The second-order valence-corrected chi connectivity index (χ2v) is 5.70. The van der Waals surface area contributed by atoms with Crippen LogP contribution in [0.25, 0.3) is 5.65 Å². The van der Waals surface area contributed by atoms with Crippen molar-refractivity contribution in [2.45, 2.75) is 20.4 Å². The lowest BCUT2D eigenvalue weighted by molar-refractivity contribution is 0.0952. The molecule has 0 unspecified atom stereocenters. The minimum atomic E-state index is -0.236. The van der Waals surface area contributed by atoms with Gasteiger partial charge in [-0.2, -0.15) is 5.10 Å². The monoisotopic (exact) mass is 344 g/mol. The zero-order valence-electron chi connectivity index (χ0n) is 13.4. The van der Waals surface area contributed by atoms with E-state index in [1.54, 1.807) is 22.8 Å². The van der Waals surface area contributed by atoms with Crippen molar-refractivity contribution in [2.24, 2.45) is 0 Å². The van der Waals surface area contributed by atoms with Gasteiger partial charge >= 0.3 is 0 Å². The van der Waals surface area contributed by atoms with Crippen LogP contribution in [0.2, 0.25) is 5.02 Å². The molecule has 0 fully saturated rings. The topological polar surface area (TPSA) is 68.5 Å². The number of hydrogen-bond donors (Lipinski definition) is 1. The predicted molar refractivity (Wildman–Crippen MR) is 91.5 cm³/mol. The second kappa shape index (κ2) is 6.88. The van der Waals surface area contributed by atoms with Crippen LogP contribution in [0.4, 0.5) is 0 Å². The number of amides is 1. The molecule has 0 bridgehead atoms. The molecule has 0 atom stereocenters. The first-order chi connectivity index (χ1) is 11.6. The van der Waals surface area contributed by atoms with E-state index in [1.165, 1.54) is 6.20 Å². The summed E-state index contributed by atoms with van der Waals surface area (Å²) in [6.07, 6.45) is 3.29. The summed E-state index contributed by atoms with van der Waals surface area (Å²) >= 11 is 5.99. The highest BCUT2D eigenvalue weighted by atomic mass is 35.5. The number of carbonyl (C=O) groups excluding carboxylic acids is 1. The molecular formula is C17H17ClN4O2. The fraction of sp³-hybridized carbons (Fsp3) is 0.235. The Morgan fingerprint density at radius 1 is 1.38 bits per heavy atom. The highest BCUT2D eigenvalue weighted by molar-refractivity contribution is 6.30. The van der Waals surface area contributed by atoms with Crippen LogP contribution in [-0.2, 0) is 6.54 Å². The van der Waals surface area contributed by atoms with Crippen molar-refractivity contribution in [2.75, 3.05) is 6.61 Å². The maximum atomic E-state index is 12.5. The van der Waals surface area contributed by atoms with Crippen LogP contribution in [-0.4, -0.2) is 27.1 Å². The summed E-state index contributed by atoms with van der Waals surface area (Å²) in [5, 5.41) is 7.61. The average Bonchev–Trinajstić information content (AvgIpc) is 2.97. The van der Waals surface area contributed by atoms with Crippen LogP contribution in [0.5, 0.6) is 5.75 Å². The lowest BCUT2D eigenvalue weighted by Crippen LogP contribution is -2.23. The van der Waals surface area contributed by atoms with E-state index < -0.39 is 0 Å². The molecule has 24 heavy (non-hydrogen) atoms. The summed E-state index contributed by atoms with van der Waals surface area (Å²) in [5.74, 6) is 0.430. The van der Waals surface area contributed by atoms with Crippen molar-refractivity contribution in [3.63, 3.8) is 0 Å². The first-order valence-electron chi connectivity index (χ1n) is 7.59. The Morgan fingerprint density at radius 3 is 3.00 bits per heavy atom. The number of hydrogen-bond acceptors (Lipinski definition) is 4. The van der Waals surface area contributed by atoms with Crippen LogP contribution in [0.15, 0.2) is 36.7 Å². The minimum absolute atomic E-state index is 0.236. The number of fused-ring (bicyclic) bond motifs is 1. The van der Waals surface area contributed by atoms with Gasteiger partial charge in [0.25, 0.3) is 5.91 Å². The lowest BCUT2D eigenvalue weighted by Gasteiger charge is -2.11. The summed E-state index contributed by atoms with van der Waals surface area (Å²) in [6, 6.07) is 7.19. The SMILES string of the molecule is CCOc1cc(Cl)ccc1CNC(=O)c1cnn2ccc(C)nc12. The molecule has 3 aromatic rings. The van der Waals surface area contributed by atoms with Crippen molar-refractivity contribution in [3.8, 4) is 5.75 Å². The van der Waals surface area contributed by atoms with Gasteiger partial charge in [0.05, 0.1) is 12.8 Å². The maximum absolute atomic E-state index is 12.5. The molecule has 0 spiro atoms. The third-order valence-electron chi connectivity index (χ3n) is 3.52. The average molecular weight is 345 g/mol. The number of halogens is 1. The zero-order chi connectivity index (χ0) is 17.1. The zero-order valence-corrected chi connectivity index (χ0v) is 14.2. The van der Waals surface area contributed by atoms with Gasteiger partial charge in [0.1, 0.15) is 11.3 Å². The van der Waals surface area contributed by atoms with Gasteiger partial charge in [0.15, 0.2) is 5.65 Å². The van der Waals surface area contributed by atoms with Crippen molar-refractivity contribution in [3.05, 3.63) is 58.5 Å². The summed E-state index contributed by atoms with van der Waals surface area (Å²) < 4.78 is 7.14. The van der Waals surface area contributed by atoms with E-state index in [4.69, 9.17) is 16.3 Å². The fourth-order valence-electron chi connectivity index (χ4n) is 2.35. The molecule has 6 nitrogen and oxygen atoms in total. The minimum Gasteiger partial charge on any atom is -0.493 e. The molecule has 7 heteroatoms. The van der Waals surface area contributed by atoms with Gasteiger partial charge in [0, 0.05) is 29.0 Å². The molecule has 2 aromatic heterocycles. The van der Waals surface area contributed by atoms with E-state index >= 15 is 0 Å². The molecule has 0 aliphatic heterocycles. The molecule has 0 saturated carbocycles. The number of aryl methyl sites for hydroxylation is 1. The van der Waals surface area contributed by atoms with E-state index in [9.17, 15) is 4.79 Å². The third-order valence-corrected chi connectivity index (χ3v) is 3.76. The molecule has 1 N–H and O–H groups in total. The normalized spacial score (nSPS) is 10.8. The fourth-order valence-corrected chi connectivity index (χ4v) is 2.52. The highest BCUT2D eigenvalue weighted by Crippen LogP contribution is 2.23. The summed E-state index contributed by atoms with van der Waals surface area (Å²) in [5.41, 5.74) is 2.66. The van der Waals surface area contributed by atoms with Gasteiger partial charge in [-0.1, -0.05) is 17.7 Å². The van der Waals surface area contributed by atoms with E-state index in [2.05, 4.69) is 15.4 Å². The number of ether oxygens (including phenoxy) is 1. The van der Waals surface area contributed by atoms with Crippen LogP contribution in [0, 0.1) is 6.92 Å². The maximum Gasteiger partial charge on any atom is 0.257 e. The Morgan fingerprint density at radius 2 is 2.21 bits per heavy atom. The van der Waals surface area contributed by atoms with Crippen LogP contribution >= 0.6 is 11.6 Å². The molecular weight excluding hydrogens is 328 g/mol. The highest BCUT2D eigenvalue weighted by Gasteiger charge is 2.14. The molecule has 0 aliphatic rings. The number of nitrogens with one attached hydrogen (secondary N) is 1. The second-order valence-electron chi connectivity index (χ2n) is 5.26. The molecule has 1 amide bonds. The standard InChI is InChI=1S/C17H17ClN4O2/c1-3-24-15-8-13(18)5-4-12(15)9-19-17(23)14-10-20-22-7-6-11(2)21-16(14)22/h4-8,10H,3,9H2,1-2H3,(H,19,23). The number of rotatable bonds is 5. The van der Waals surface area contributed by atoms with E-state index in [-0.39, 0.29) is 5.91 Å². The summed E-state index contributed by atoms with van der Waals surface area (Å²) in [4.78, 5) is 16.8. The molecule has 0 saturated heterocycles. The van der Waals surface area contributed by atoms with Gasteiger partial charge in [-0.05, 0) is 32.0 Å². The Hall–Kier alpha value is -2.60. The Kier molecular flexibility index (Phi) is 4.66. The number of benzene rings is 1. The Labute approximate surface area is 144 Å². The molecule has 124 valence electrons. The molecule has 3 rings (SSSR count). The van der Waals surface area contributed by atoms with Gasteiger partial charge in [-0.15, -0.1) is 0 Å². The van der Waals surface area contributed by atoms with Crippen molar-refractivity contribution in [1.29, 1.82) is 0 Å². The van der Waals surface area contributed by atoms with Crippen molar-refractivity contribution in [1.82, 2.24) is 19.9 Å². The third kappa shape index (κ3) is 3.33. The van der Waals surface area contributed by atoms with Gasteiger partial charge in [-0.3, -0.25) is 4.79 Å². The van der Waals surface area contributed by atoms with Gasteiger partial charge < -0.3 is 10.1 Å². The van der Waals surface area contributed by atoms with Gasteiger partial charge in [0.2, 0.25) is 0 Å². The van der Waals surface area contributed by atoms with Crippen molar-refractivity contribution < 1.29 is 9.53 Å². The number of carbonyl (C=O) groups is 1. The lowest BCUT2D eigenvalue weighted by atomic mass is 10.2. The summed E-state index contributed by atoms with van der Waals surface area (Å²) in [7, 11) is 0. The quantitative estimate of drug-likeness (QED) is 0.772. The van der Waals surface area contributed by atoms with E-state index in [0.717, 1.165) is 11.3 Å². The molecule has 2 heterocycles. The molecule has 0 aliphatic carbocycles. The van der Waals surface area contributed by atoms with Crippen LogP contribution < -0.4 is 10.1 Å². The Balaban J connectivity index is 1.79. The van der Waals surface area contributed by atoms with Crippen molar-refractivity contribution >= 4 is 23.2 Å². The number of aromatic nitrogens is 3. The van der Waals surface area contributed by atoms with E-state index in [1.807, 2.05) is 26.0 Å². The first kappa shape index (κ1) is 16.3. The predicted octanol–water partition coefficient (Wildman–Crippen LogP) is 3.02. The number of nitrogens with zero attached hydrogens (tertiary/aromatic N) is 3. The van der Waals surface area contributed by atoms with Crippen LogP contribution in [0.1, 0.15) is 28.5 Å². The molecule has 0 radical (unpaired) electrons. The Bertz CT molecular complexity index is 891. The largest absolute Gasteiger partial charge is 0.493 e. The molecule has 1 aromatic carbocycles. The first-order valence-corrected chi connectivity index (χ1v) is 7.96.